The van der Waals surface area contributed by atoms with Crippen LogP contribution in [-0.2, 0) is 25.8 Å². The van der Waals surface area contributed by atoms with Crippen LogP contribution in [0.15, 0.2) is 18.2 Å². The largest absolute Gasteiger partial charge is 0.410 e. The summed E-state index contributed by atoms with van der Waals surface area (Å²) in [5.41, 5.74) is 7.31. The van der Waals surface area contributed by atoms with Crippen LogP contribution in [0.3, 0.4) is 0 Å². The Balaban J connectivity index is 2.96. The van der Waals surface area contributed by atoms with Gasteiger partial charge in [0.1, 0.15) is 0 Å². The van der Waals surface area contributed by atoms with Gasteiger partial charge in [0.2, 0.25) is 0 Å². The van der Waals surface area contributed by atoms with E-state index in [2.05, 4.69) is 8.91 Å². The summed E-state index contributed by atoms with van der Waals surface area (Å²) in [5, 5.41) is 0. The lowest BCUT2D eigenvalue weighted by Crippen LogP contribution is -2.21. The molecule has 0 aliphatic heterocycles. The Kier molecular flexibility index (Phi) is 4.69. The van der Waals surface area contributed by atoms with E-state index in [1.807, 2.05) is 13.0 Å². The Hall–Kier alpha value is -1.60. The van der Waals surface area contributed by atoms with E-state index in [4.69, 9.17) is 5.73 Å². The van der Waals surface area contributed by atoms with Crippen molar-refractivity contribution in [3.05, 3.63) is 29.3 Å². The SMILES string of the molecule is CCC(=O)OS(=O)(=O)Nc1cc(C)ccc1CN. The van der Waals surface area contributed by atoms with E-state index in [1.165, 1.54) is 6.92 Å². The van der Waals surface area contributed by atoms with Gasteiger partial charge in [0.05, 0.1) is 5.69 Å². The van der Waals surface area contributed by atoms with Gasteiger partial charge in [0, 0.05) is 13.0 Å². The van der Waals surface area contributed by atoms with Crippen molar-refractivity contribution in [2.75, 3.05) is 4.72 Å². The van der Waals surface area contributed by atoms with Crippen LogP contribution in [0.4, 0.5) is 5.69 Å². The van der Waals surface area contributed by atoms with Crippen molar-refractivity contribution in [1.82, 2.24) is 0 Å². The Morgan fingerprint density at radius 3 is 2.67 bits per heavy atom. The third-order valence-corrected chi connectivity index (χ3v) is 3.09. The second kappa shape index (κ2) is 5.83. The Morgan fingerprint density at radius 2 is 2.11 bits per heavy atom. The average Bonchev–Trinajstić information content (AvgIpc) is 2.28. The molecule has 0 aliphatic carbocycles. The third-order valence-electron chi connectivity index (χ3n) is 2.21. The maximum atomic E-state index is 11.6. The van der Waals surface area contributed by atoms with Crippen LogP contribution in [0.2, 0.25) is 0 Å². The molecule has 7 heteroatoms. The zero-order chi connectivity index (χ0) is 13.8. The minimum absolute atomic E-state index is 0.0154. The molecule has 0 amide bonds. The van der Waals surface area contributed by atoms with Gasteiger partial charge in [0.25, 0.3) is 0 Å². The van der Waals surface area contributed by atoms with Crippen molar-refractivity contribution in [3.63, 3.8) is 0 Å². The molecule has 0 unspecified atom stereocenters. The first-order chi connectivity index (χ1) is 8.38. The number of nitrogens with one attached hydrogen (secondary N) is 1. The fraction of sp³-hybridized carbons (Fsp3) is 0.364. The van der Waals surface area contributed by atoms with Crippen molar-refractivity contribution in [1.29, 1.82) is 0 Å². The topological polar surface area (TPSA) is 98.5 Å². The molecule has 0 radical (unpaired) electrons. The van der Waals surface area contributed by atoms with Crippen molar-refractivity contribution < 1.29 is 17.4 Å². The molecule has 0 spiro atoms. The van der Waals surface area contributed by atoms with Gasteiger partial charge < -0.3 is 9.92 Å². The van der Waals surface area contributed by atoms with E-state index in [-0.39, 0.29) is 13.0 Å². The van der Waals surface area contributed by atoms with Gasteiger partial charge in [-0.3, -0.25) is 9.52 Å². The summed E-state index contributed by atoms with van der Waals surface area (Å²) in [6.07, 6.45) is -0.0154. The third kappa shape index (κ3) is 4.01. The number of anilines is 1. The average molecular weight is 272 g/mol. The maximum absolute atomic E-state index is 11.6. The zero-order valence-electron chi connectivity index (χ0n) is 10.3. The molecule has 1 aromatic rings. The van der Waals surface area contributed by atoms with Crippen LogP contribution in [0, 0.1) is 6.92 Å². The molecule has 18 heavy (non-hydrogen) atoms. The van der Waals surface area contributed by atoms with Gasteiger partial charge >= 0.3 is 16.3 Å². The minimum atomic E-state index is -4.15. The van der Waals surface area contributed by atoms with E-state index in [0.29, 0.717) is 11.3 Å². The highest BCUT2D eigenvalue weighted by Gasteiger charge is 2.17. The second-order valence-corrected chi connectivity index (χ2v) is 5.01. The molecule has 0 fully saturated rings. The predicted molar refractivity (Wildman–Crippen MR) is 68.0 cm³/mol. The van der Waals surface area contributed by atoms with E-state index in [0.717, 1.165) is 5.56 Å². The molecule has 0 aromatic heterocycles. The first kappa shape index (κ1) is 14.5. The van der Waals surface area contributed by atoms with E-state index < -0.39 is 16.3 Å². The number of aryl methyl sites for hydroxylation is 1. The van der Waals surface area contributed by atoms with Gasteiger partial charge in [0.15, 0.2) is 0 Å². The van der Waals surface area contributed by atoms with Gasteiger partial charge in [-0.1, -0.05) is 19.1 Å². The van der Waals surface area contributed by atoms with E-state index in [1.54, 1.807) is 12.1 Å². The highest BCUT2D eigenvalue weighted by atomic mass is 32.2. The Bertz CT molecular complexity index is 540. The van der Waals surface area contributed by atoms with Crippen LogP contribution in [0.5, 0.6) is 0 Å². The number of benzene rings is 1. The lowest BCUT2D eigenvalue weighted by Gasteiger charge is -2.11. The molecule has 100 valence electrons. The molecule has 0 saturated heterocycles. The first-order valence-electron chi connectivity index (χ1n) is 5.42. The lowest BCUT2D eigenvalue weighted by atomic mass is 10.1. The summed E-state index contributed by atoms with van der Waals surface area (Å²) >= 11 is 0. The quantitative estimate of drug-likeness (QED) is 0.835. The Labute approximate surface area is 106 Å². The number of nitrogens with two attached hydrogens (primary N) is 1. The molecule has 0 heterocycles. The van der Waals surface area contributed by atoms with Crippen molar-refractivity contribution >= 4 is 22.0 Å². The summed E-state index contributed by atoms with van der Waals surface area (Å²) in [5.74, 6) is -0.815. The van der Waals surface area contributed by atoms with Crippen molar-refractivity contribution in [3.8, 4) is 0 Å². The van der Waals surface area contributed by atoms with Crippen LogP contribution in [0.1, 0.15) is 24.5 Å². The molecule has 3 N–H and O–H groups in total. The highest BCUT2D eigenvalue weighted by Crippen LogP contribution is 2.19. The van der Waals surface area contributed by atoms with Crippen molar-refractivity contribution in [2.24, 2.45) is 5.73 Å². The summed E-state index contributed by atoms with van der Waals surface area (Å²) in [6.45, 7) is 3.51. The molecule has 0 aliphatic rings. The fourth-order valence-electron chi connectivity index (χ4n) is 1.30. The number of carbonyl (C=O) groups is 1. The molecule has 0 bridgehead atoms. The van der Waals surface area contributed by atoms with Gasteiger partial charge in [-0.25, -0.2) is 0 Å². The monoisotopic (exact) mass is 272 g/mol. The summed E-state index contributed by atoms with van der Waals surface area (Å²) in [4.78, 5) is 11.0. The molecule has 0 saturated carbocycles. The standard InChI is InChI=1S/C11H16N2O4S/c1-3-11(14)17-18(15,16)13-10-6-8(2)4-5-9(10)7-12/h4-6,13H,3,7,12H2,1-2H3. The number of carbonyl (C=O) groups excluding carboxylic acids is 1. The fourth-order valence-corrected chi connectivity index (χ4v) is 2.16. The van der Waals surface area contributed by atoms with Gasteiger partial charge in [-0.15, -0.1) is 0 Å². The number of hydrogen-bond acceptors (Lipinski definition) is 5. The van der Waals surface area contributed by atoms with Crippen LogP contribution in [0.25, 0.3) is 0 Å². The van der Waals surface area contributed by atoms with Crippen LogP contribution >= 0.6 is 0 Å². The molecule has 6 nitrogen and oxygen atoms in total. The van der Waals surface area contributed by atoms with Crippen LogP contribution in [-0.4, -0.2) is 14.4 Å². The molecule has 0 atom stereocenters. The van der Waals surface area contributed by atoms with E-state index >= 15 is 0 Å². The summed E-state index contributed by atoms with van der Waals surface area (Å²) in [6, 6.07) is 5.16. The first-order valence-corrected chi connectivity index (χ1v) is 6.83. The molecular weight excluding hydrogens is 256 g/mol. The highest BCUT2D eigenvalue weighted by molar-refractivity contribution is 7.88. The lowest BCUT2D eigenvalue weighted by molar-refractivity contribution is -0.133. The predicted octanol–water partition coefficient (Wildman–Crippen LogP) is 1.06. The minimum Gasteiger partial charge on any atom is -0.330 e. The van der Waals surface area contributed by atoms with Gasteiger partial charge in [-0.05, 0) is 24.1 Å². The zero-order valence-corrected chi connectivity index (χ0v) is 11.1. The molecule has 1 aromatic carbocycles. The Morgan fingerprint density at radius 1 is 1.44 bits per heavy atom. The van der Waals surface area contributed by atoms with Crippen molar-refractivity contribution in [2.45, 2.75) is 26.8 Å². The second-order valence-electron chi connectivity index (χ2n) is 3.73. The smallest absolute Gasteiger partial charge is 0.330 e. The molecule has 1 rings (SSSR count). The maximum Gasteiger partial charge on any atom is 0.410 e. The summed E-state index contributed by atoms with van der Waals surface area (Å²) < 4.78 is 29.6. The van der Waals surface area contributed by atoms with E-state index in [9.17, 15) is 13.2 Å². The molecular formula is C11H16N2O4S. The number of rotatable bonds is 5. The summed E-state index contributed by atoms with van der Waals surface area (Å²) in [7, 11) is -4.15. The van der Waals surface area contributed by atoms with Gasteiger partial charge in [-0.2, -0.15) is 8.42 Å². The van der Waals surface area contributed by atoms with Crippen LogP contribution < -0.4 is 10.5 Å². The number of hydrogen-bond donors (Lipinski definition) is 2. The normalized spacial score (nSPS) is 11.1.